The van der Waals surface area contributed by atoms with Gasteiger partial charge < -0.3 is 5.11 Å². The Bertz CT molecular complexity index is 408. The summed E-state index contributed by atoms with van der Waals surface area (Å²) in [5.74, 6) is -0.984. The summed E-state index contributed by atoms with van der Waals surface area (Å²) >= 11 is 0. The lowest BCUT2D eigenvalue weighted by Gasteiger charge is -2.08. The van der Waals surface area contributed by atoms with Crippen LogP contribution in [-0.4, -0.2) is 17.2 Å². The maximum absolute atomic E-state index is 10.7. The monoisotopic (exact) mass is 205 g/mol. The number of isocyanates is 1. The maximum Gasteiger partial charge on any atom is 0.335 e. The van der Waals surface area contributed by atoms with Crippen molar-refractivity contribution in [1.82, 2.24) is 0 Å². The van der Waals surface area contributed by atoms with Crippen LogP contribution in [0.5, 0.6) is 0 Å². The first-order valence-corrected chi connectivity index (χ1v) is 4.59. The second-order valence-corrected chi connectivity index (χ2v) is 3.08. The van der Waals surface area contributed by atoms with E-state index in [9.17, 15) is 9.59 Å². The van der Waals surface area contributed by atoms with Crippen LogP contribution in [0.2, 0.25) is 0 Å². The van der Waals surface area contributed by atoms with E-state index < -0.39 is 5.97 Å². The zero-order valence-electron chi connectivity index (χ0n) is 8.30. The molecular formula is C11H11NO3. The minimum atomic E-state index is -0.984. The highest BCUT2D eigenvalue weighted by Crippen LogP contribution is 2.21. The van der Waals surface area contributed by atoms with Gasteiger partial charge in [0.25, 0.3) is 0 Å². The van der Waals surface area contributed by atoms with Crippen LogP contribution in [0.4, 0.5) is 0 Å². The lowest BCUT2D eigenvalue weighted by molar-refractivity contribution is 0.0696. The van der Waals surface area contributed by atoms with Crippen LogP contribution in [0, 0.1) is 0 Å². The molecule has 1 rings (SSSR count). The predicted octanol–water partition coefficient (Wildman–Crippen LogP) is 2.17. The van der Waals surface area contributed by atoms with Crippen LogP contribution in [0.1, 0.15) is 35.3 Å². The second-order valence-electron chi connectivity index (χ2n) is 3.08. The van der Waals surface area contributed by atoms with Crippen molar-refractivity contribution in [2.45, 2.75) is 19.4 Å². The summed E-state index contributed by atoms with van der Waals surface area (Å²) in [6.45, 7) is 1.87. The van der Waals surface area contributed by atoms with Crippen molar-refractivity contribution in [2.24, 2.45) is 4.99 Å². The Morgan fingerprint density at radius 2 is 2.33 bits per heavy atom. The molecule has 4 nitrogen and oxygen atoms in total. The van der Waals surface area contributed by atoms with Crippen molar-refractivity contribution in [3.05, 3.63) is 35.4 Å². The zero-order chi connectivity index (χ0) is 11.3. The van der Waals surface area contributed by atoms with E-state index in [0.717, 1.165) is 5.56 Å². The molecule has 15 heavy (non-hydrogen) atoms. The molecule has 1 aromatic carbocycles. The largest absolute Gasteiger partial charge is 0.478 e. The molecule has 1 atom stereocenters. The molecule has 0 aliphatic carbocycles. The first-order chi connectivity index (χ1) is 7.19. The van der Waals surface area contributed by atoms with E-state index in [1.54, 1.807) is 12.1 Å². The highest BCUT2D eigenvalue weighted by Gasteiger charge is 2.10. The van der Waals surface area contributed by atoms with Crippen molar-refractivity contribution in [2.75, 3.05) is 0 Å². The van der Waals surface area contributed by atoms with E-state index in [0.29, 0.717) is 6.42 Å². The number of carboxylic acids is 1. The molecule has 0 bridgehead atoms. The van der Waals surface area contributed by atoms with Crippen molar-refractivity contribution in [1.29, 1.82) is 0 Å². The third kappa shape index (κ3) is 2.76. The summed E-state index contributed by atoms with van der Waals surface area (Å²) in [6.07, 6.45) is 2.13. The first kappa shape index (κ1) is 11.1. The number of carbonyl (C=O) groups excluding carboxylic acids is 1. The van der Waals surface area contributed by atoms with Gasteiger partial charge >= 0.3 is 5.97 Å². The van der Waals surface area contributed by atoms with E-state index in [4.69, 9.17) is 5.11 Å². The molecule has 78 valence electrons. The summed E-state index contributed by atoms with van der Waals surface area (Å²) in [5.41, 5.74) is 0.924. The highest BCUT2D eigenvalue weighted by atomic mass is 16.4. The average molecular weight is 205 g/mol. The third-order valence-electron chi connectivity index (χ3n) is 2.11. The lowest BCUT2D eigenvalue weighted by atomic mass is 10.0. The number of carbonyl (C=O) groups is 1. The molecule has 0 fully saturated rings. The van der Waals surface area contributed by atoms with E-state index >= 15 is 0 Å². The van der Waals surface area contributed by atoms with E-state index in [-0.39, 0.29) is 11.6 Å². The summed E-state index contributed by atoms with van der Waals surface area (Å²) in [7, 11) is 0. The molecule has 0 amide bonds. The topological polar surface area (TPSA) is 66.7 Å². The van der Waals surface area contributed by atoms with Crippen LogP contribution in [0.3, 0.4) is 0 Å². The fourth-order valence-electron chi connectivity index (χ4n) is 1.34. The molecule has 0 radical (unpaired) electrons. The Kier molecular flexibility index (Phi) is 3.77. The molecule has 0 aromatic heterocycles. The van der Waals surface area contributed by atoms with Gasteiger partial charge in [0.1, 0.15) is 0 Å². The number of benzene rings is 1. The summed E-state index contributed by atoms with van der Waals surface area (Å²) in [6, 6.07) is 6.12. The van der Waals surface area contributed by atoms with Crippen LogP contribution >= 0.6 is 0 Å². The van der Waals surface area contributed by atoms with Gasteiger partial charge in [0.05, 0.1) is 11.6 Å². The van der Waals surface area contributed by atoms with Gasteiger partial charge in [-0.1, -0.05) is 19.1 Å². The molecule has 0 aliphatic rings. The molecular weight excluding hydrogens is 194 g/mol. The van der Waals surface area contributed by atoms with E-state index in [1.807, 2.05) is 6.92 Å². The third-order valence-corrected chi connectivity index (χ3v) is 2.11. The fraction of sp³-hybridized carbons (Fsp3) is 0.273. The molecule has 0 aliphatic heterocycles. The van der Waals surface area contributed by atoms with Crippen molar-refractivity contribution >= 4 is 12.0 Å². The number of aliphatic imine (C=N–C) groups is 1. The molecule has 4 heteroatoms. The Balaban J connectivity index is 3.07. The van der Waals surface area contributed by atoms with Crippen LogP contribution in [0.25, 0.3) is 0 Å². The Hall–Kier alpha value is -1.93. The minimum Gasteiger partial charge on any atom is -0.478 e. The van der Waals surface area contributed by atoms with E-state index in [1.165, 1.54) is 18.2 Å². The first-order valence-electron chi connectivity index (χ1n) is 4.59. The van der Waals surface area contributed by atoms with Crippen LogP contribution in [0.15, 0.2) is 29.3 Å². The lowest BCUT2D eigenvalue weighted by Crippen LogP contribution is -1.99. The maximum atomic E-state index is 10.7. The number of nitrogens with zero attached hydrogens (tertiary/aromatic N) is 1. The van der Waals surface area contributed by atoms with Gasteiger partial charge in [0.2, 0.25) is 6.08 Å². The summed E-state index contributed by atoms with van der Waals surface area (Å²) in [5, 5.41) is 8.79. The molecule has 0 saturated carbocycles. The molecule has 1 aromatic rings. The molecule has 0 spiro atoms. The van der Waals surface area contributed by atoms with E-state index in [2.05, 4.69) is 4.99 Å². The number of aromatic carboxylic acids is 1. The Morgan fingerprint density at radius 1 is 1.60 bits per heavy atom. The quantitative estimate of drug-likeness (QED) is 0.605. The summed E-state index contributed by atoms with van der Waals surface area (Å²) < 4.78 is 0. The molecule has 1 N–H and O–H groups in total. The standard InChI is InChI=1S/C11H11NO3/c1-2-10(12-7-13)8-4-3-5-9(6-8)11(14)15/h3-6,10H,2H2,1H3,(H,14,15)/t10-/m1/s1. The van der Waals surface area contributed by atoms with Crippen molar-refractivity contribution in [3.63, 3.8) is 0 Å². The van der Waals surface area contributed by atoms with Crippen LogP contribution in [-0.2, 0) is 4.79 Å². The van der Waals surface area contributed by atoms with Crippen LogP contribution < -0.4 is 0 Å². The molecule has 0 heterocycles. The highest BCUT2D eigenvalue weighted by molar-refractivity contribution is 5.87. The van der Waals surface area contributed by atoms with Gasteiger partial charge in [-0.15, -0.1) is 0 Å². The van der Waals surface area contributed by atoms with Gasteiger partial charge in [-0.05, 0) is 24.1 Å². The smallest absolute Gasteiger partial charge is 0.335 e. The van der Waals surface area contributed by atoms with Gasteiger partial charge in [0.15, 0.2) is 0 Å². The van der Waals surface area contributed by atoms with Crippen molar-refractivity contribution in [3.8, 4) is 0 Å². The van der Waals surface area contributed by atoms with Gasteiger partial charge in [-0.2, -0.15) is 4.99 Å². The SMILES string of the molecule is CC[C@@H](N=C=O)c1cccc(C(=O)O)c1. The Morgan fingerprint density at radius 3 is 2.87 bits per heavy atom. The van der Waals surface area contributed by atoms with Gasteiger partial charge in [0, 0.05) is 0 Å². The van der Waals surface area contributed by atoms with Gasteiger partial charge in [-0.3, -0.25) is 0 Å². The summed E-state index contributed by atoms with van der Waals surface area (Å²) in [4.78, 5) is 24.5. The molecule has 0 unspecified atom stereocenters. The number of rotatable bonds is 4. The second kappa shape index (κ2) is 5.08. The fourth-order valence-corrected chi connectivity index (χ4v) is 1.34. The molecule has 0 saturated heterocycles. The number of carboxylic acid groups (broad SMARTS) is 1. The Labute approximate surface area is 87.3 Å². The average Bonchev–Trinajstić information content (AvgIpc) is 2.26. The predicted molar refractivity (Wildman–Crippen MR) is 54.6 cm³/mol. The minimum absolute atomic E-state index is 0.201. The van der Waals surface area contributed by atoms with Crippen molar-refractivity contribution < 1.29 is 14.7 Å². The normalized spacial score (nSPS) is 11.5. The number of hydrogen-bond donors (Lipinski definition) is 1. The van der Waals surface area contributed by atoms with Gasteiger partial charge in [-0.25, -0.2) is 9.59 Å². The zero-order valence-corrected chi connectivity index (χ0v) is 8.30. The number of hydrogen-bond acceptors (Lipinski definition) is 3.